The van der Waals surface area contributed by atoms with Gasteiger partial charge in [-0.25, -0.2) is 18.0 Å². The van der Waals surface area contributed by atoms with Crippen LogP contribution in [0.4, 0.5) is 18.0 Å². The maximum atomic E-state index is 14.2. The first-order valence-electron chi connectivity index (χ1n) is 9.47. The fraction of sp³-hybridized carbons (Fsp3) is 0.381. The van der Waals surface area contributed by atoms with Crippen LogP contribution in [0.5, 0.6) is 5.75 Å². The highest BCUT2D eigenvalue weighted by Crippen LogP contribution is 2.20. The van der Waals surface area contributed by atoms with Gasteiger partial charge in [0.15, 0.2) is 0 Å². The number of aromatic hydroxyl groups is 1. The Hall–Kier alpha value is -2.74. The molecule has 0 bridgehead atoms. The Balaban J connectivity index is 1.78. The number of urea groups is 1. The van der Waals surface area contributed by atoms with Gasteiger partial charge in [0.1, 0.15) is 23.2 Å². The summed E-state index contributed by atoms with van der Waals surface area (Å²) in [6.07, 6.45) is 1.57. The minimum atomic E-state index is -0.770. The van der Waals surface area contributed by atoms with E-state index in [4.69, 9.17) is 0 Å². The fourth-order valence-corrected chi connectivity index (χ4v) is 3.34. The van der Waals surface area contributed by atoms with Crippen LogP contribution < -0.4 is 5.32 Å². The molecule has 1 aliphatic rings. The summed E-state index contributed by atoms with van der Waals surface area (Å²) in [5, 5.41) is 12.3. The lowest BCUT2D eigenvalue weighted by Gasteiger charge is -2.32. The van der Waals surface area contributed by atoms with Crippen molar-refractivity contribution in [1.82, 2.24) is 15.1 Å². The molecule has 0 unspecified atom stereocenters. The molecule has 0 saturated carbocycles. The smallest absolute Gasteiger partial charge is 0.318 e. The number of likely N-dealkylation sites (tertiary alicyclic amines) is 1. The van der Waals surface area contributed by atoms with Gasteiger partial charge in [-0.2, -0.15) is 0 Å². The molecule has 5 nitrogen and oxygen atoms in total. The van der Waals surface area contributed by atoms with E-state index in [0.29, 0.717) is 0 Å². The maximum absolute atomic E-state index is 14.2. The Morgan fingerprint density at radius 3 is 2.24 bits per heavy atom. The van der Waals surface area contributed by atoms with E-state index in [1.807, 2.05) is 7.05 Å². The zero-order chi connectivity index (χ0) is 21.0. The summed E-state index contributed by atoms with van der Waals surface area (Å²) in [6, 6.07) is 6.33. The number of hydrogen-bond donors (Lipinski definition) is 2. The second kappa shape index (κ2) is 9.17. The van der Waals surface area contributed by atoms with Crippen molar-refractivity contribution in [1.29, 1.82) is 0 Å². The summed E-state index contributed by atoms with van der Waals surface area (Å²) in [7, 11) is 2.01. The van der Waals surface area contributed by atoms with Gasteiger partial charge in [0.05, 0.1) is 13.1 Å². The molecular weight excluding hydrogens is 383 g/mol. The molecule has 2 aromatic rings. The quantitative estimate of drug-likeness (QED) is 0.796. The predicted molar refractivity (Wildman–Crippen MR) is 103 cm³/mol. The van der Waals surface area contributed by atoms with Gasteiger partial charge in [-0.05, 0) is 45.1 Å². The van der Waals surface area contributed by atoms with Crippen molar-refractivity contribution in [2.24, 2.45) is 0 Å². The van der Waals surface area contributed by atoms with E-state index in [-0.39, 0.29) is 36.0 Å². The van der Waals surface area contributed by atoms with Crippen molar-refractivity contribution in [3.05, 3.63) is 65.0 Å². The zero-order valence-corrected chi connectivity index (χ0v) is 16.2. The summed E-state index contributed by atoms with van der Waals surface area (Å²) < 4.78 is 41.5. The number of nitrogens with zero attached hydrogens (tertiary/aromatic N) is 2. The van der Waals surface area contributed by atoms with Gasteiger partial charge in [0, 0.05) is 29.3 Å². The SMILES string of the molecule is CN1CCC(NC(=O)N(Cc2ccc(O)cc2F)Cc2ccc(F)cc2F)CC1. The molecule has 2 aromatic carbocycles. The van der Waals surface area contributed by atoms with Crippen LogP contribution in [-0.2, 0) is 13.1 Å². The summed E-state index contributed by atoms with van der Waals surface area (Å²) in [5.74, 6) is -2.37. The van der Waals surface area contributed by atoms with Crippen LogP contribution in [0.2, 0.25) is 0 Å². The molecule has 1 aliphatic heterocycles. The molecule has 29 heavy (non-hydrogen) atoms. The number of amides is 2. The van der Waals surface area contributed by atoms with E-state index in [2.05, 4.69) is 10.2 Å². The van der Waals surface area contributed by atoms with Gasteiger partial charge in [-0.3, -0.25) is 0 Å². The molecule has 0 atom stereocenters. The van der Waals surface area contributed by atoms with Crippen molar-refractivity contribution in [3.63, 3.8) is 0 Å². The molecule has 156 valence electrons. The van der Waals surface area contributed by atoms with Gasteiger partial charge >= 0.3 is 6.03 Å². The van der Waals surface area contributed by atoms with E-state index in [1.165, 1.54) is 23.1 Å². The second-order valence-corrected chi connectivity index (χ2v) is 7.39. The Morgan fingerprint density at radius 2 is 1.66 bits per heavy atom. The van der Waals surface area contributed by atoms with Crippen molar-refractivity contribution in [3.8, 4) is 5.75 Å². The third kappa shape index (κ3) is 5.63. The number of nitrogens with one attached hydrogen (secondary N) is 1. The first-order chi connectivity index (χ1) is 13.8. The number of hydrogen-bond acceptors (Lipinski definition) is 3. The van der Waals surface area contributed by atoms with Gasteiger partial charge in [-0.15, -0.1) is 0 Å². The largest absolute Gasteiger partial charge is 0.508 e. The first kappa shape index (κ1) is 21.0. The maximum Gasteiger partial charge on any atom is 0.318 e. The number of rotatable bonds is 5. The van der Waals surface area contributed by atoms with Crippen LogP contribution in [-0.4, -0.2) is 47.1 Å². The summed E-state index contributed by atoms with van der Waals surface area (Å²) in [6.45, 7) is 1.43. The highest BCUT2D eigenvalue weighted by Gasteiger charge is 2.23. The third-order valence-electron chi connectivity index (χ3n) is 5.11. The average molecular weight is 407 g/mol. The van der Waals surface area contributed by atoms with Crippen LogP contribution >= 0.6 is 0 Å². The molecule has 0 spiro atoms. The molecule has 2 N–H and O–H groups in total. The monoisotopic (exact) mass is 407 g/mol. The van der Waals surface area contributed by atoms with E-state index in [9.17, 15) is 23.1 Å². The molecule has 1 fully saturated rings. The number of benzene rings is 2. The van der Waals surface area contributed by atoms with Crippen molar-refractivity contribution in [2.75, 3.05) is 20.1 Å². The Bertz CT molecular complexity index is 817. The molecule has 0 radical (unpaired) electrons. The Kier molecular flexibility index (Phi) is 6.64. The number of phenols is 1. The minimum absolute atomic E-state index is 0.0241. The zero-order valence-electron chi connectivity index (χ0n) is 16.2. The normalized spacial score (nSPS) is 15.3. The van der Waals surface area contributed by atoms with E-state index >= 15 is 0 Å². The van der Waals surface area contributed by atoms with E-state index in [1.54, 1.807) is 0 Å². The van der Waals surface area contributed by atoms with Gasteiger partial charge < -0.3 is 20.2 Å². The number of carbonyl (C=O) groups is 1. The average Bonchev–Trinajstić information content (AvgIpc) is 2.66. The van der Waals surface area contributed by atoms with Crippen LogP contribution in [0.25, 0.3) is 0 Å². The molecule has 1 saturated heterocycles. The lowest BCUT2D eigenvalue weighted by molar-refractivity contribution is 0.175. The van der Waals surface area contributed by atoms with Crippen molar-refractivity contribution < 1.29 is 23.1 Å². The minimum Gasteiger partial charge on any atom is -0.508 e. The van der Waals surface area contributed by atoms with Gasteiger partial charge in [0.2, 0.25) is 0 Å². The Labute approximate surface area is 167 Å². The highest BCUT2D eigenvalue weighted by molar-refractivity contribution is 5.74. The topological polar surface area (TPSA) is 55.8 Å². The highest BCUT2D eigenvalue weighted by atomic mass is 19.1. The van der Waals surface area contributed by atoms with E-state index in [0.717, 1.165) is 44.1 Å². The lowest BCUT2D eigenvalue weighted by atomic mass is 10.1. The molecular formula is C21H24F3N3O2. The molecule has 3 rings (SSSR count). The molecule has 2 amide bonds. The lowest BCUT2D eigenvalue weighted by Crippen LogP contribution is -2.48. The van der Waals surface area contributed by atoms with Gasteiger partial charge in [-0.1, -0.05) is 12.1 Å². The number of carbonyl (C=O) groups excluding carboxylic acids is 1. The summed E-state index contributed by atoms with van der Waals surface area (Å²) in [5.41, 5.74) is 0.313. The van der Waals surface area contributed by atoms with Crippen LogP contribution in [0.1, 0.15) is 24.0 Å². The molecule has 0 aliphatic carbocycles. The standard InChI is InChI=1S/C21H24F3N3O2/c1-26-8-6-17(7-9-26)25-21(29)27(12-14-2-4-16(22)10-19(14)23)13-15-3-5-18(28)11-20(15)24/h2-5,10-11,17,28H,6-9,12-13H2,1H3,(H,25,29). The Morgan fingerprint density at radius 1 is 1.07 bits per heavy atom. The first-order valence-corrected chi connectivity index (χ1v) is 9.47. The number of piperidine rings is 1. The molecule has 8 heteroatoms. The number of phenolic OH excluding ortho intramolecular Hbond substituents is 1. The third-order valence-corrected chi connectivity index (χ3v) is 5.11. The van der Waals surface area contributed by atoms with Crippen molar-refractivity contribution in [2.45, 2.75) is 32.0 Å². The van der Waals surface area contributed by atoms with Crippen LogP contribution in [0, 0.1) is 17.5 Å². The predicted octanol–water partition coefficient (Wildman–Crippen LogP) is 3.62. The molecule has 1 heterocycles. The van der Waals surface area contributed by atoms with E-state index < -0.39 is 23.5 Å². The molecule has 0 aromatic heterocycles. The summed E-state index contributed by atoms with van der Waals surface area (Å²) >= 11 is 0. The van der Waals surface area contributed by atoms with Gasteiger partial charge in [0.25, 0.3) is 0 Å². The van der Waals surface area contributed by atoms with Crippen LogP contribution in [0.3, 0.4) is 0 Å². The second-order valence-electron chi connectivity index (χ2n) is 7.39. The van der Waals surface area contributed by atoms with Crippen molar-refractivity contribution >= 4 is 6.03 Å². The van der Waals surface area contributed by atoms with Crippen LogP contribution in [0.15, 0.2) is 36.4 Å². The fourth-order valence-electron chi connectivity index (χ4n) is 3.34. The number of halogens is 3. The summed E-state index contributed by atoms with van der Waals surface area (Å²) in [4.78, 5) is 16.3.